The first-order valence-electron chi connectivity index (χ1n) is 9.93. The van der Waals surface area contributed by atoms with Crippen molar-refractivity contribution in [3.63, 3.8) is 0 Å². The van der Waals surface area contributed by atoms with Gasteiger partial charge in [-0.1, -0.05) is 29.8 Å². The monoisotopic (exact) mass is 464 g/mol. The van der Waals surface area contributed by atoms with Crippen molar-refractivity contribution in [1.82, 2.24) is 19.7 Å². The minimum Gasteiger partial charge on any atom is -0.383 e. The molecule has 0 saturated carbocycles. The van der Waals surface area contributed by atoms with Crippen LogP contribution in [0.2, 0.25) is 5.02 Å². The number of aromatic nitrogens is 4. The molecule has 160 valence electrons. The lowest BCUT2D eigenvalue weighted by atomic mass is 10.1. The third-order valence-electron chi connectivity index (χ3n) is 5.00. The third-order valence-corrected chi connectivity index (χ3v) is 6.19. The summed E-state index contributed by atoms with van der Waals surface area (Å²) in [6.45, 7) is 0.635. The number of thiophene rings is 1. The van der Waals surface area contributed by atoms with Crippen molar-refractivity contribution in [1.29, 1.82) is 0 Å². The number of nitrogens with zero attached hydrogens (tertiary/aromatic N) is 4. The molecule has 0 fully saturated rings. The van der Waals surface area contributed by atoms with E-state index in [0.717, 1.165) is 12.1 Å². The summed E-state index contributed by atoms with van der Waals surface area (Å²) < 4.78 is 16.3. The molecule has 5 aromatic rings. The topological polar surface area (TPSA) is 81.7 Å². The van der Waals surface area contributed by atoms with Crippen LogP contribution in [0, 0.1) is 5.82 Å². The highest BCUT2D eigenvalue weighted by Crippen LogP contribution is 2.34. The summed E-state index contributed by atoms with van der Waals surface area (Å²) in [7, 11) is 0. The summed E-state index contributed by atoms with van der Waals surface area (Å²) in [6, 6.07) is 17.7. The molecule has 0 aliphatic carbocycles. The van der Waals surface area contributed by atoms with Gasteiger partial charge >= 0.3 is 0 Å². The Hall–Kier alpha value is -3.49. The molecule has 9 heteroatoms. The van der Waals surface area contributed by atoms with Crippen LogP contribution in [-0.4, -0.2) is 26.3 Å². The van der Waals surface area contributed by atoms with E-state index in [1.807, 2.05) is 11.4 Å². The minimum atomic E-state index is -0.393. The van der Waals surface area contributed by atoms with Crippen molar-refractivity contribution in [3.05, 3.63) is 81.8 Å². The van der Waals surface area contributed by atoms with E-state index in [4.69, 9.17) is 17.3 Å². The molecule has 3 aromatic heterocycles. The second-order valence-corrected chi connectivity index (χ2v) is 8.57. The fourth-order valence-corrected chi connectivity index (χ4v) is 4.31. The molecular formula is C23H18ClFN6S. The smallest absolute Gasteiger partial charge is 0.225 e. The van der Waals surface area contributed by atoms with E-state index >= 15 is 0 Å². The standard InChI is InChI=1S/C23H18ClFN6S/c24-14-7-9-15(10-8-14)31-21(26)19-20(17-5-1-2-6-18(17)25)28-23(29-22(19)30-31)27-12-11-16-4-3-13-32-16/h1-10,13H,11-12,26H2,(H,27,29,30). The van der Waals surface area contributed by atoms with Gasteiger partial charge in [0.1, 0.15) is 11.6 Å². The zero-order valence-electron chi connectivity index (χ0n) is 16.8. The van der Waals surface area contributed by atoms with Crippen LogP contribution in [-0.2, 0) is 6.42 Å². The number of halogens is 2. The largest absolute Gasteiger partial charge is 0.383 e. The highest BCUT2D eigenvalue weighted by Gasteiger charge is 2.21. The number of benzene rings is 2. The van der Waals surface area contributed by atoms with Gasteiger partial charge in [-0.05, 0) is 54.3 Å². The molecule has 3 N–H and O–H groups in total. The first-order valence-corrected chi connectivity index (χ1v) is 11.2. The number of nitrogens with one attached hydrogen (secondary N) is 1. The van der Waals surface area contributed by atoms with Crippen LogP contribution >= 0.6 is 22.9 Å². The molecule has 0 amide bonds. The average Bonchev–Trinajstić information content (AvgIpc) is 3.42. The first kappa shape index (κ1) is 20.4. The number of fused-ring (bicyclic) bond motifs is 1. The van der Waals surface area contributed by atoms with Crippen LogP contribution in [0.4, 0.5) is 16.2 Å². The van der Waals surface area contributed by atoms with Crippen molar-refractivity contribution in [2.45, 2.75) is 6.42 Å². The van der Waals surface area contributed by atoms with E-state index in [2.05, 4.69) is 26.4 Å². The number of anilines is 2. The Bertz CT molecular complexity index is 1380. The van der Waals surface area contributed by atoms with E-state index < -0.39 is 5.82 Å². The maximum atomic E-state index is 14.7. The van der Waals surface area contributed by atoms with Crippen LogP contribution < -0.4 is 11.1 Å². The van der Waals surface area contributed by atoms with Crippen LogP contribution in [0.25, 0.3) is 28.0 Å². The van der Waals surface area contributed by atoms with Crippen LogP contribution in [0.5, 0.6) is 0 Å². The van der Waals surface area contributed by atoms with Gasteiger partial charge in [0, 0.05) is 22.0 Å². The Morgan fingerprint density at radius 1 is 1.03 bits per heavy atom. The molecule has 0 spiro atoms. The Morgan fingerprint density at radius 2 is 1.84 bits per heavy atom. The predicted molar refractivity (Wildman–Crippen MR) is 128 cm³/mol. The fraction of sp³-hybridized carbons (Fsp3) is 0.0870. The van der Waals surface area contributed by atoms with Gasteiger partial charge in [0.2, 0.25) is 5.95 Å². The van der Waals surface area contributed by atoms with E-state index in [9.17, 15) is 4.39 Å². The van der Waals surface area contributed by atoms with Gasteiger partial charge in [-0.15, -0.1) is 16.4 Å². The maximum Gasteiger partial charge on any atom is 0.225 e. The van der Waals surface area contributed by atoms with Gasteiger partial charge in [-0.3, -0.25) is 0 Å². The molecule has 3 heterocycles. The second-order valence-electron chi connectivity index (χ2n) is 7.10. The molecule has 0 aliphatic rings. The van der Waals surface area contributed by atoms with Crippen molar-refractivity contribution in [3.8, 4) is 16.9 Å². The minimum absolute atomic E-state index is 0.325. The number of rotatable bonds is 6. The second kappa shape index (κ2) is 8.57. The average molecular weight is 465 g/mol. The van der Waals surface area contributed by atoms with Crippen LogP contribution in [0.3, 0.4) is 0 Å². The Morgan fingerprint density at radius 3 is 2.59 bits per heavy atom. The van der Waals surface area contributed by atoms with Gasteiger partial charge in [0.15, 0.2) is 5.65 Å². The van der Waals surface area contributed by atoms with E-state index in [0.29, 0.717) is 45.6 Å². The van der Waals surface area contributed by atoms with Gasteiger partial charge in [-0.25, -0.2) is 14.1 Å². The number of nitrogen functional groups attached to an aromatic ring is 1. The zero-order valence-corrected chi connectivity index (χ0v) is 18.4. The van der Waals surface area contributed by atoms with E-state index in [-0.39, 0.29) is 0 Å². The third kappa shape index (κ3) is 3.90. The molecule has 0 radical (unpaired) electrons. The SMILES string of the molecule is Nc1c2c(-c3ccccc3F)nc(NCCc3cccs3)nc2nn1-c1ccc(Cl)cc1. The molecule has 0 bridgehead atoms. The van der Waals surface area contributed by atoms with E-state index in [1.165, 1.54) is 10.9 Å². The lowest BCUT2D eigenvalue weighted by Gasteiger charge is -2.09. The lowest BCUT2D eigenvalue weighted by Crippen LogP contribution is -2.08. The molecule has 6 nitrogen and oxygen atoms in total. The molecular weight excluding hydrogens is 447 g/mol. The molecule has 0 saturated heterocycles. The number of hydrogen-bond acceptors (Lipinski definition) is 6. The molecule has 32 heavy (non-hydrogen) atoms. The highest BCUT2D eigenvalue weighted by atomic mass is 35.5. The lowest BCUT2D eigenvalue weighted by molar-refractivity contribution is 0.631. The summed E-state index contributed by atoms with van der Waals surface area (Å²) in [5.41, 5.74) is 8.29. The summed E-state index contributed by atoms with van der Waals surface area (Å²) in [4.78, 5) is 10.4. The van der Waals surface area contributed by atoms with Crippen LogP contribution in [0.1, 0.15) is 4.88 Å². The molecule has 0 unspecified atom stereocenters. The van der Waals surface area contributed by atoms with Crippen molar-refractivity contribution >= 4 is 45.7 Å². The van der Waals surface area contributed by atoms with Crippen molar-refractivity contribution in [2.75, 3.05) is 17.6 Å². The summed E-state index contributed by atoms with van der Waals surface area (Å²) in [6.07, 6.45) is 0.829. The Kier molecular flexibility index (Phi) is 5.46. The highest BCUT2D eigenvalue weighted by molar-refractivity contribution is 7.09. The van der Waals surface area contributed by atoms with Gasteiger partial charge in [0.25, 0.3) is 0 Å². The summed E-state index contributed by atoms with van der Waals surface area (Å²) in [5, 5.41) is 11.0. The van der Waals surface area contributed by atoms with Gasteiger partial charge in [-0.2, -0.15) is 4.98 Å². The molecule has 2 aromatic carbocycles. The van der Waals surface area contributed by atoms with Gasteiger partial charge < -0.3 is 11.1 Å². The molecule has 0 aliphatic heterocycles. The van der Waals surface area contributed by atoms with Gasteiger partial charge in [0.05, 0.1) is 16.8 Å². The fourth-order valence-electron chi connectivity index (χ4n) is 3.47. The van der Waals surface area contributed by atoms with E-state index in [1.54, 1.807) is 58.5 Å². The summed E-state index contributed by atoms with van der Waals surface area (Å²) >= 11 is 7.71. The van der Waals surface area contributed by atoms with Crippen molar-refractivity contribution in [2.24, 2.45) is 0 Å². The summed E-state index contributed by atoms with van der Waals surface area (Å²) in [5.74, 6) is 0.300. The Labute approximate surface area is 192 Å². The molecule has 0 atom stereocenters. The number of hydrogen-bond donors (Lipinski definition) is 2. The Balaban J connectivity index is 1.61. The van der Waals surface area contributed by atoms with Crippen LogP contribution in [0.15, 0.2) is 66.0 Å². The quantitative estimate of drug-likeness (QED) is 0.343. The number of nitrogens with two attached hydrogens (primary N) is 1. The normalized spacial score (nSPS) is 11.2. The first-order chi connectivity index (χ1) is 15.6. The zero-order chi connectivity index (χ0) is 22.1. The predicted octanol–water partition coefficient (Wildman–Crippen LogP) is 5.57. The maximum absolute atomic E-state index is 14.7. The van der Waals surface area contributed by atoms with Crippen molar-refractivity contribution < 1.29 is 4.39 Å². The molecule has 5 rings (SSSR count).